The molecule has 1 fully saturated rings. The van der Waals surface area contributed by atoms with Crippen molar-refractivity contribution in [2.24, 2.45) is 0 Å². The van der Waals surface area contributed by atoms with Gasteiger partial charge in [-0.05, 0) is 0 Å². The molecule has 146 valence electrons. The number of rotatable bonds is 7. The molecule has 11 heteroatoms. The van der Waals surface area contributed by atoms with Crippen LogP contribution in [0.4, 0.5) is 0 Å². The second kappa shape index (κ2) is 9.70. The Morgan fingerprint density at radius 3 is 1.81 bits per heavy atom. The number of esters is 4. The molecule has 11 nitrogen and oxygen atoms in total. The van der Waals surface area contributed by atoms with Crippen LogP contribution in [0, 0.1) is 0 Å². The Balaban J connectivity index is 3.24. The molecule has 0 aromatic heterocycles. The van der Waals surface area contributed by atoms with Gasteiger partial charge in [-0.25, -0.2) is 0 Å². The Morgan fingerprint density at radius 1 is 0.846 bits per heavy atom. The van der Waals surface area contributed by atoms with Gasteiger partial charge in [0.2, 0.25) is 6.41 Å². The number of carbonyl (C=O) groups excluding carboxylic acids is 5. The number of hydrogen-bond donors (Lipinski definition) is 1. The molecule has 0 bridgehead atoms. The second-order valence-electron chi connectivity index (χ2n) is 5.40. The third-order valence-electron chi connectivity index (χ3n) is 3.22. The van der Waals surface area contributed by atoms with Gasteiger partial charge in [0.05, 0.1) is 0 Å². The normalized spacial score (nSPS) is 27.6. The maximum absolute atomic E-state index is 11.5. The molecule has 0 radical (unpaired) electrons. The zero-order valence-electron chi connectivity index (χ0n) is 14.8. The van der Waals surface area contributed by atoms with Crippen molar-refractivity contribution in [3.63, 3.8) is 0 Å². The predicted octanol–water partition coefficient (Wildman–Crippen LogP) is -1.18. The van der Waals surface area contributed by atoms with Gasteiger partial charge < -0.3 is 29.0 Å². The molecular weight excluding hydrogens is 354 g/mol. The molecule has 1 amide bonds. The molecule has 0 saturated carbocycles. The fraction of sp³-hybridized carbons (Fsp3) is 0.667. The minimum absolute atomic E-state index is 0.293. The van der Waals surface area contributed by atoms with E-state index in [0.29, 0.717) is 6.41 Å². The van der Waals surface area contributed by atoms with Gasteiger partial charge in [-0.15, -0.1) is 0 Å². The summed E-state index contributed by atoms with van der Waals surface area (Å²) in [5.41, 5.74) is 0. The smallest absolute Gasteiger partial charge is 0.303 e. The summed E-state index contributed by atoms with van der Waals surface area (Å²) in [4.78, 5) is 56.3. The number of nitrogens with one attached hydrogen (secondary N) is 1. The Morgan fingerprint density at radius 2 is 1.35 bits per heavy atom. The van der Waals surface area contributed by atoms with E-state index in [-0.39, 0.29) is 6.61 Å². The summed E-state index contributed by atoms with van der Waals surface area (Å²) in [5.74, 6) is -2.84. The number of hydrogen-bond acceptors (Lipinski definition) is 10. The Hall–Kier alpha value is -2.69. The van der Waals surface area contributed by atoms with Crippen LogP contribution in [0.25, 0.3) is 0 Å². The van der Waals surface area contributed by atoms with E-state index in [0.717, 1.165) is 27.7 Å². The highest BCUT2D eigenvalue weighted by Crippen LogP contribution is 2.28. The molecule has 1 N–H and O–H groups in total. The lowest BCUT2D eigenvalue weighted by Gasteiger charge is -2.44. The SMILES string of the molecule is CC(=O)OC[C@H]1O[C@@H](NC=O)[C@H](OC(C)=O)[C@@H](OC(C)=O)[C@H]1OC(C)=O. The van der Waals surface area contributed by atoms with Gasteiger partial charge in [-0.2, -0.15) is 0 Å². The summed E-state index contributed by atoms with van der Waals surface area (Å²) in [7, 11) is 0. The van der Waals surface area contributed by atoms with Crippen LogP contribution in [0.3, 0.4) is 0 Å². The van der Waals surface area contributed by atoms with Crippen LogP contribution in [0.2, 0.25) is 0 Å². The fourth-order valence-electron chi connectivity index (χ4n) is 2.43. The Bertz CT molecular complexity index is 563. The van der Waals surface area contributed by atoms with Crippen molar-refractivity contribution in [2.75, 3.05) is 6.61 Å². The van der Waals surface area contributed by atoms with Crippen LogP contribution < -0.4 is 5.32 Å². The average Bonchev–Trinajstić information content (AvgIpc) is 2.50. The molecular formula is C15H21NO10. The van der Waals surface area contributed by atoms with Crippen molar-refractivity contribution in [2.45, 2.75) is 58.3 Å². The lowest BCUT2D eigenvalue weighted by atomic mass is 9.97. The Labute approximate surface area is 149 Å². The molecule has 1 heterocycles. The van der Waals surface area contributed by atoms with Crippen molar-refractivity contribution in [1.82, 2.24) is 5.32 Å². The molecule has 0 unspecified atom stereocenters. The van der Waals surface area contributed by atoms with Gasteiger partial charge >= 0.3 is 23.9 Å². The van der Waals surface area contributed by atoms with Crippen molar-refractivity contribution < 1.29 is 47.7 Å². The number of carbonyl (C=O) groups is 5. The first-order chi connectivity index (χ1) is 12.1. The van der Waals surface area contributed by atoms with Gasteiger partial charge in [0.15, 0.2) is 24.5 Å². The van der Waals surface area contributed by atoms with E-state index in [1.165, 1.54) is 0 Å². The second-order valence-corrected chi connectivity index (χ2v) is 5.40. The maximum Gasteiger partial charge on any atom is 0.303 e. The van der Waals surface area contributed by atoms with Gasteiger partial charge in [-0.1, -0.05) is 0 Å². The van der Waals surface area contributed by atoms with E-state index in [9.17, 15) is 24.0 Å². The summed E-state index contributed by atoms with van der Waals surface area (Å²) in [6.07, 6.45) is -5.86. The van der Waals surface area contributed by atoms with E-state index < -0.39 is 54.5 Å². The van der Waals surface area contributed by atoms with Crippen LogP contribution in [0.15, 0.2) is 0 Å². The predicted molar refractivity (Wildman–Crippen MR) is 81.2 cm³/mol. The molecule has 5 atom stereocenters. The van der Waals surface area contributed by atoms with Crippen LogP contribution in [0.1, 0.15) is 27.7 Å². The van der Waals surface area contributed by atoms with E-state index in [2.05, 4.69) is 5.32 Å². The van der Waals surface area contributed by atoms with Gasteiger partial charge in [0.1, 0.15) is 12.7 Å². The van der Waals surface area contributed by atoms with E-state index in [4.69, 9.17) is 23.7 Å². The lowest BCUT2D eigenvalue weighted by molar-refractivity contribution is -0.256. The van der Waals surface area contributed by atoms with Crippen LogP contribution >= 0.6 is 0 Å². The molecule has 1 aliphatic rings. The third-order valence-corrected chi connectivity index (χ3v) is 3.22. The largest absolute Gasteiger partial charge is 0.463 e. The van der Waals surface area contributed by atoms with Crippen molar-refractivity contribution in [1.29, 1.82) is 0 Å². The molecule has 1 saturated heterocycles. The maximum atomic E-state index is 11.5. The number of ether oxygens (including phenoxy) is 5. The standard InChI is InChI=1S/C15H21NO10/c1-7(18)22-5-11-12(23-8(2)19)13(24-9(3)20)14(25-10(4)21)15(26-11)16-6-17/h6,11-15H,5H2,1-4H3,(H,16,17)/t11-,12+,13+,14-,15-/m1/s1. The van der Waals surface area contributed by atoms with Crippen molar-refractivity contribution in [3.8, 4) is 0 Å². The summed E-state index contributed by atoms with van der Waals surface area (Å²) >= 11 is 0. The van der Waals surface area contributed by atoms with E-state index >= 15 is 0 Å². The van der Waals surface area contributed by atoms with Gasteiger partial charge in [0.25, 0.3) is 0 Å². The van der Waals surface area contributed by atoms with Crippen LogP contribution in [-0.4, -0.2) is 67.5 Å². The molecule has 26 heavy (non-hydrogen) atoms. The molecule has 1 rings (SSSR count). The summed E-state index contributed by atoms with van der Waals surface area (Å²) in [6.45, 7) is 4.14. The summed E-state index contributed by atoms with van der Waals surface area (Å²) < 4.78 is 25.8. The quantitative estimate of drug-likeness (QED) is 0.328. The first kappa shape index (κ1) is 21.4. The highest BCUT2D eigenvalue weighted by molar-refractivity contribution is 5.68. The average molecular weight is 375 g/mol. The topological polar surface area (TPSA) is 144 Å². The highest BCUT2D eigenvalue weighted by Gasteiger charge is 2.52. The van der Waals surface area contributed by atoms with Gasteiger partial charge in [0, 0.05) is 27.7 Å². The number of amides is 1. The zero-order valence-corrected chi connectivity index (χ0v) is 14.8. The zero-order chi connectivity index (χ0) is 19.9. The first-order valence-corrected chi connectivity index (χ1v) is 7.65. The van der Waals surface area contributed by atoms with E-state index in [1.807, 2.05) is 0 Å². The van der Waals surface area contributed by atoms with Gasteiger partial charge in [-0.3, -0.25) is 24.0 Å². The summed E-state index contributed by atoms with van der Waals surface area (Å²) in [5, 5.41) is 2.28. The first-order valence-electron chi connectivity index (χ1n) is 7.65. The monoisotopic (exact) mass is 375 g/mol. The van der Waals surface area contributed by atoms with E-state index in [1.54, 1.807) is 0 Å². The minimum atomic E-state index is -1.30. The van der Waals surface area contributed by atoms with Crippen LogP contribution in [0.5, 0.6) is 0 Å². The molecule has 0 spiro atoms. The fourth-order valence-corrected chi connectivity index (χ4v) is 2.43. The Kier molecular flexibility index (Phi) is 7.97. The highest BCUT2D eigenvalue weighted by atomic mass is 16.7. The molecule has 0 aliphatic carbocycles. The lowest BCUT2D eigenvalue weighted by Crippen LogP contribution is -2.65. The molecule has 0 aromatic rings. The molecule has 1 aliphatic heterocycles. The summed E-state index contributed by atoms with van der Waals surface area (Å²) in [6, 6.07) is 0. The van der Waals surface area contributed by atoms with Crippen molar-refractivity contribution >= 4 is 30.3 Å². The van der Waals surface area contributed by atoms with Crippen LogP contribution in [-0.2, 0) is 47.7 Å². The molecule has 0 aromatic carbocycles. The third kappa shape index (κ3) is 6.31. The van der Waals surface area contributed by atoms with Crippen molar-refractivity contribution in [3.05, 3.63) is 0 Å². The minimum Gasteiger partial charge on any atom is -0.463 e.